The maximum absolute atomic E-state index is 11.2. The smallest absolute Gasteiger partial charge is 0.219 e. The van der Waals surface area contributed by atoms with Crippen molar-refractivity contribution in [2.45, 2.75) is 25.8 Å². The Morgan fingerprint density at radius 3 is 2.84 bits per heavy atom. The molecule has 0 aliphatic rings. The van der Waals surface area contributed by atoms with Crippen LogP contribution in [0.2, 0.25) is 0 Å². The van der Waals surface area contributed by atoms with Crippen molar-refractivity contribution in [2.75, 3.05) is 7.11 Å². The highest BCUT2D eigenvalue weighted by molar-refractivity contribution is 7.71. The summed E-state index contributed by atoms with van der Waals surface area (Å²) in [4.78, 5) is 18.6. The zero-order chi connectivity index (χ0) is 14.2. The number of primary amides is 1. The molecule has 2 heterocycles. The van der Waals surface area contributed by atoms with E-state index in [-0.39, 0.29) is 12.3 Å². The van der Waals surface area contributed by atoms with Crippen LogP contribution in [0.5, 0.6) is 5.88 Å². The number of carbonyl (C=O) groups excluding carboxylic acids is 1. The second-order valence-electron chi connectivity index (χ2n) is 4.95. The first-order chi connectivity index (χ1) is 8.85. The molecule has 0 atom stereocenters. The molecular formula is C12H16N4O2S. The molecule has 102 valence electrons. The van der Waals surface area contributed by atoms with Crippen molar-refractivity contribution in [2.24, 2.45) is 5.73 Å². The van der Waals surface area contributed by atoms with E-state index in [1.54, 1.807) is 17.7 Å². The van der Waals surface area contributed by atoms with E-state index in [1.807, 2.05) is 19.9 Å². The second kappa shape index (κ2) is 4.65. The topological polar surface area (TPSA) is 85.9 Å². The van der Waals surface area contributed by atoms with E-state index in [0.717, 1.165) is 5.52 Å². The molecule has 0 aliphatic heterocycles. The number of aromatic nitrogens is 3. The molecule has 2 aromatic rings. The molecule has 0 saturated heterocycles. The van der Waals surface area contributed by atoms with E-state index in [1.165, 1.54) is 0 Å². The summed E-state index contributed by atoms with van der Waals surface area (Å²) in [5, 5.41) is 0. The van der Waals surface area contributed by atoms with Crippen molar-refractivity contribution >= 4 is 29.3 Å². The first-order valence-corrected chi connectivity index (χ1v) is 6.20. The van der Waals surface area contributed by atoms with Gasteiger partial charge in [-0.2, -0.15) is 4.98 Å². The summed E-state index contributed by atoms with van der Waals surface area (Å²) < 4.78 is 7.41. The molecule has 2 rings (SSSR count). The highest BCUT2D eigenvalue weighted by atomic mass is 32.1. The first kappa shape index (κ1) is 13.5. The number of hydrogen-bond acceptors (Lipinski definition) is 4. The number of carbonyl (C=O) groups is 1. The van der Waals surface area contributed by atoms with E-state index in [2.05, 4.69) is 9.97 Å². The second-order valence-corrected chi connectivity index (χ2v) is 5.33. The van der Waals surface area contributed by atoms with Crippen molar-refractivity contribution in [1.29, 1.82) is 0 Å². The number of nitrogens with zero attached hydrogens (tertiary/aromatic N) is 2. The minimum atomic E-state index is -0.555. The summed E-state index contributed by atoms with van der Waals surface area (Å²) >= 11 is 5.31. The van der Waals surface area contributed by atoms with Gasteiger partial charge in [-0.1, -0.05) is 0 Å². The number of nitrogens with two attached hydrogens (primary N) is 1. The van der Waals surface area contributed by atoms with Gasteiger partial charge in [-0.25, -0.2) is 0 Å². The molecule has 0 unspecified atom stereocenters. The summed E-state index contributed by atoms with van der Waals surface area (Å²) in [6.07, 6.45) is 0.174. The van der Waals surface area contributed by atoms with Gasteiger partial charge in [0, 0.05) is 12.5 Å². The predicted molar refractivity (Wildman–Crippen MR) is 74.6 cm³/mol. The predicted octanol–water partition coefficient (Wildman–Crippen LogP) is 1.71. The van der Waals surface area contributed by atoms with Crippen molar-refractivity contribution < 1.29 is 9.53 Å². The van der Waals surface area contributed by atoms with Crippen LogP contribution in [-0.4, -0.2) is 27.6 Å². The van der Waals surface area contributed by atoms with Gasteiger partial charge in [0.1, 0.15) is 0 Å². The number of pyridine rings is 1. The molecule has 2 aromatic heterocycles. The Bertz CT molecular complexity index is 687. The summed E-state index contributed by atoms with van der Waals surface area (Å²) in [5.74, 6) is 0.106. The Morgan fingerprint density at radius 2 is 2.26 bits per heavy atom. The molecule has 0 fully saturated rings. The molecule has 0 spiro atoms. The number of rotatable bonds is 4. The Hall–Kier alpha value is -1.89. The molecular weight excluding hydrogens is 264 g/mol. The van der Waals surface area contributed by atoms with Gasteiger partial charge in [0.05, 0.1) is 18.2 Å². The maximum Gasteiger partial charge on any atom is 0.219 e. The maximum atomic E-state index is 11.2. The number of nitrogens with one attached hydrogen (secondary N) is 1. The molecule has 19 heavy (non-hydrogen) atoms. The van der Waals surface area contributed by atoms with Crippen LogP contribution in [0.25, 0.3) is 11.2 Å². The normalized spacial score (nSPS) is 11.7. The molecule has 0 bridgehead atoms. The Balaban J connectivity index is 2.68. The number of H-pyrrole nitrogens is 1. The largest absolute Gasteiger partial charge is 0.481 e. The van der Waals surface area contributed by atoms with Crippen LogP contribution in [0, 0.1) is 4.77 Å². The van der Waals surface area contributed by atoms with Crippen LogP contribution in [-0.2, 0) is 10.3 Å². The van der Waals surface area contributed by atoms with E-state index in [0.29, 0.717) is 16.3 Å². The van der Waals surface area contributed by atoms with Gasteiger partial charge in [0.2, 0.25) is 11.8 Å². The van der Waals surface area contributed by atoms with E-state index in [4.69, 9.17) is 22.7 Å². The Morgan fingerprint density at radius 1 is 1.58 bits per heavy atom. The number of hydrogen-bond donors (Lipinski definition) is 2. The molecule has 0 saturated carbocycles. The average molecular weight is 280 g/mol. The van der Waals surface area contributed by atoms with E-state index < -0.39 is 5.54 Å². The van der Waals surface area contributed by atoms with Gasteiger partial charge in [-0.15, -0.1) is 0 Å². The summed E-state index contributed by atoms with van der Waals surface area (Å²) in [5.41, 5.74) is 6.18. The quantitative estimate of drug-likeness (QED) is 0.835. The molecule has 0 aromatic carbocycles. The first-order valence-electron chi connectivity index (χ1n) is 5.80. The number of ether oxygens (including phenoxy) is 1. The minimum absolute atomic E-state index is 0.174. The van der Waals surface area contributed by atoms with Gasteiger partial charge < -0.3 is 15.5 Å². The monoisotopic (exact) mass is 280 g/mol. The van der Waals surface area contributed by atoms with Gasteiger partial charge in [0.15, 0.2) is 10.4 Å². The van der Waals surface area contributed by atoms with Crippen LogP contribution in [0.4, 0.5) is 0 Å². The molecule has 3 N–H and O–H groups in total. The number of imidazole rings is 1. The highest BCUT2D eigenvalue weighted by Gasteiger charge is 2.26. The number of aromatic amines is 1. The molecule has 0 aliphatic carbocycles. The van der Waals surface area contributed by atoms with Crippen LogP contribution in [0.1, 0.15) is 20.3 Å². The van der Waals surface area contributed by atoms with Crippen molar-refractivity contribution in [3.05, 3.63) is 16.9 Å². The van der Waals surface area contributed by atoms with Gasteiger partial charge in [-0.05, 0) is 32.1 Å². The Labute approximate surface area is 115 Å². The SMILES string of the molecule is COc1ccc2[nH]c(=S)n(C(C)(C)CC(N)=O)c2n1. The van der Waals surface area contributed by atoms with E-state index in [9.17, 15) is 4.79 Å². The molecule has 6 nitrogen and oxygen atoms in total. The standard InChI is InChI=1S/C12H16N4O2S/c1-12(2,6-8(13)17)16-10-7(14-11(16)19)4-5-9(15-10)18-3/h4-5H,6H2,1-3H3,(H2,13,17)(H,14,19). The summed E-state index contributed by atoms with van der Waals surface area (Å²) in [7, 11) is 1.55. The van der Waals surface area contributed by atoms with Crippen LogP contribution < -0.4 is 10.5 Å². The molecule has 0 radical (unpaired) electrons. The fraction of sp³-hybridized carbons (Fsp3) is 0.417. The van der Waals surface area contributed by atoms with E-state index >= 15 is 0 Å². The van der Waals surface area contributed by atoms with Gasteiger partial charge in [0.25, 0.3) is 0 Å². The van der Waals surface area contributed by atoms with Crippen LogP contribution in [0.15, 0.2) is 12.1 Å². The molecule has 7 heteroatoms. The van der Waals surface area contributed by atoms with Crippen molar-refractivity contribution in [3.8, 4) is 5.88 Å². The lowest BCUT2D eigenvalue weighted by atomic mass is 10.00. The number of methoxy groups -OCH3 is 1. The average Bonchev–Trinajstić information content (AvgIpc) is 2.62. The third-order valence-electron chi connectivity index (χ3n) is 2.93. The van der Waals surface area contributed by atoms with Crippen LogP contribution in [0.3, 0.4) is 0 Å². The Kier molecular flexibility index (Phi) is 3.32. The van der Waals surface area contributed by atoms with Crippen LogP contribution >= 0.6 is 12.2 Å². The summed E-state index contributed by atoms with van der Waals surface area (Å²) in [6.45, 7) is 3.78. The van der Waals surface area contributed by atoms with Crippen molar-refractivity contribution in [1.82, 2.24) is 14.5 Å². The minimum Gasteiger partial charge on any atom is -0.481 e. The van der Waals surface area contributed by atoms with Gasteiger partial charge in [-0.3, -0.25) is 9.36 Å². The fourth-order valence-electron chi connectivity index (χ4n) is 2.15. The number of amides is 1. The lowest BCUT2D eigenvalue weighted by molar-refractivity contribution is -0.119. The highest BCUT2D eigenvalue weighted by Crippen LogP contribution is 2.26. The lowest BCUT2D eigenvalue weighted by Crippen LogP contribution is -2.32. The fourth-order valence-corrected chi connectivity index (χ4v) is 2.59. The van der Waals surface area contributed by atoms with Gasteiger partial charge >= 0.3 is 0 Å². The van der Waals surface area contributed by atoms with Crippen molar-refractivity contribution in [3.63, 3.8) is 0 Å². The number of fused-ring (bicyclic) bond motifs is 1. The third kappa shape index (κ3) is 2.46. The lowest BCUT2D eigenvalue weighted by Gasteiger charge is -2.25. The zero-order valence-electron chi connectivity index (χ0n) is 11.1. The molecule has 1 amide bonds. The zero-order valence-corrected chi connectivity index (χ0v) is 11.9. The third-order valence-corrected chi connectivity index (χ3v) is 3.21. The summed E-state index contributed by atoms with van der Waals surface area (Å²) in [6, 6.07) is 3.59.